The van der Waals surface area contributed by atoms with E-state index in [0.717, 1.165) is 11.3 Å². The second-order valence-corrected chi connectivity index (χ2v) is 4.39. The van der Waals surface area contributed by atoms with E-state index in [1.807, 2.05) is 24.3 Å². The number of hydrogen-bond acceptors (Lipinski definition) is 5. The molecule has 0 bridgehead atoms. The molecule has 2 rings (SSSR count). The van der Waals surface area contributed by atoms with Crippen LogP contribution < -0.4 is 10.5 Å². The zero-order valence-corrected chi connectivity index (χ0v) is 11.2. The third-order valence-corrected chi connectivity index (χ3v) is 3.00. The quantitative estimate of drug-likeness (QED) is 0.758. The molecular weight excluding hydrogens is 246 g/mol. The van der Waals surface area contributed by atoms with Gasteiger partial charge in [-0.1, -0.05) is 18.2 Å². The van der Waals surface area contributed by atoms with Gasteiger partial charge in [0.1, 0.15) is 12.4 Å². The van der Waals surface area contributed by atoms with Crippen LogP contribution in [0.15, 0.2) is 24.3 Å². The molecule has 0 amide bonds. The molecule has 0 spiro atoms. The molecule has 1 saturated heterocycles. The first-order chi connectivity index (χ1) is 9.31. The van der Waals surface area contributed by atoms with Crippen LogP contribution in [-0.4, -0.2) is 39.8 Å². The van der Waals surface area contributed by atoms with Crippen molar-refractivity contribution in [1.29, 1.82) is 0 Å². The van der Waals surface area contributed by atoms with Gasteiger partial charge in [0.25, 0.3) is 0 Å². The fourth-order valence-electron chi connectivity index (χ4n) is 2.03. The molecule has 0 aromatic heterocycles. The Morgan fingerprint density at radius 3 is 2.74 bits per heavy atom. The highest BCUT2D eigenvalue weighted by molar-refractivity contribution is 5.35. The summed E-state index contributed by atoms with van der Waals surface area (Å²) in [7, 11) is 1.65. The lowest BCUT2D eigenvalue weighted by Gasteiger charge is -2.19. The lowest BCUT2D eigenvalue weighted by molar-refractivity contribution is -0.0508. The third kappa shape index (κ3) is 4.18. The molecule has 1 aliphatic heterocycles. The van der Waals surface area contributed by atoms with Crippen molar-refractivity contribution >= 4 is 0 Å². The monoisotopic (exact) mass is 267 g/mol. The molecule has 1 fully saturated rings. The van der Waals surface area contributed by atoms with Crippen LogP contribution in [0, 0.1) is 0 Å². The Hall–Kier alpha value is -1.14. The third-order valence-electron chi connectivity index (χ3n) is 3.00. The number of methoxy groups -OCH3 is 1. The number of para-hydroxylation sites is 1. The van der Waals surface area contributed by atoms with Gasteiger partial charge in [-0.15, -0.1) is 0 Å². The van der Waals surface area contributed by atoms with Crippen LogP contribution in [0.1, 0.15) is 18.0 Å². The summed E-state index contributed by atoms with van der Waals surface area (Å²) in [6.07, 6.45) is 0.423. The van der Waals surface area contributed by atoms with E-state index in [9.17, 15) is 0 Å². The summed E-state index contributed by atoms with van der Waals surface area (Å²) in [5, 5.41) is 0. The highest BCUT2D eigenvalue weighted by Gasteiger charge is 2.22. The fourth-order valence-corrected chi connectivity index (χ4v) is 2.03. The van der Waals surface area contributed by atoms with Crippen LogP contribution >= 0.6 is 0 Å². The Balaban J connectivity index is 1.96. The molecule has 1 aromatic carbocycles. The van der Waals surface area contributed by atoms with Gasteiger partial charge in [0, 0.05) is 25.1 Å². The zero-order chi connectivity index (χ0) is 13.5. The molecule has 19 heavy (non-hydrogen) atoms. The Morgan fingerprint density at radius 1 is 1.26 bits per heavy atom. The van der Waals surface area contributed by atoms with E-state index in [-0.39, 0.29) is 12.3 Å². The van der Waals surface area contributed by atoms with E-state index in [2.05, 4.69) is 0 Å². The van der Waals surface area contributed by atoms with Crippen molar-refractivity contribution in [1.82, 2.24) is 0 Å². The first-order valence-electron chi connectivity index (χ1n) is 6.50. The first-order valence-corrected chi connectivity index (χ1v) is 6.50. The van der Waals surface area contributed by atoms with E-state index in [1.165, 1.54) is 0 Å². The number of rotatable bonds is 7. The van der Waals surface area contributed by atoms with Crippen molar-refractivity contribution in [2.75, 3.05) is 33.5 Å². The maximum absolute atomic E-state index is 6.21. The molecule has 1 aliphatic rings. The number of hydrogen-bond donors (Lipinski definition) is 1. The van der Waals surface area contributed by atoms with Crippen molar-refractivity contribution in [2.45, 2.75) is 18.8 Å². The van der Waals surface area contributed by atoms with Crippen molar-refractivity contribution in [3.8, 4) is 5.75 Å². The second kappa shape index (κ2) is 7.45. The molecule has 0 radical (unpaired) electrons. The van der Waals surface area contributed by atoms with Gasteiger partial charge in [0.05, 0.1) is 19.8 Å². The summed E-state index contributed by atoms with van der Waals surface area (Å²) in [6.45, 7) is 2.35. The van der Waals surface area contributed by atoms with E-state index in [0.29, 0.717) is 32.8 Å². The van der Waals surface area contributed by atoms with E-state index in [1.54, 1.807) is 7.11 Å². The van der Waals surface area contributed by atoms with Crippen molar-refractivity contribution < 1.29 is 18.9 Å². The van der Waals surface area contributed by atoms with Gasteiger partial charge in [-0.2, -0.15) is 0 Å². The molecule has 5 nitrogen and oxygen atoms in total. The molecule has 1 aromatic rings. The van der Waals surface area contributed by atoms with Gasteiger partial charge < -0.3 is 24.7 Å². The average molecular weight is 267 g/mol. The first kappa shape index (κ1) is 14.3. The number of benzene rings is 1. The predicted molar refractivity (Wildman–Crippen MR) is 71.1 cm³/mol. The summed E-state index contributed by atoms with van der Waals surface area (Å²) in [5.41, 5.74) is 7.18. The minimum Gasteiger partial charge on any atom is -0.491 e. The molecule has 0 saturated carbocycles. The normalized spacial score (nSPS) is 17.6. The van der Waals surface area contributed by atoms with Gasteiger partial charge in [0.2, 0.25) is 0 Å². The zero-order valence-electron chi connectivity index (χ0n) is 11.2. The summed E-state index contributed by atoms with van der Waals surface area (Å²) < 4.78 is 21.5. The molecule has 1 heterocycles. The summed E-state index contributed by atoms with van der Waals surface area (Å²) >= 11 is 0. The lowest BCUT2D eigenvalue weighted by Crippen LogP contribution is -2.20. The SMILES string of the molecule is COCCOc1ccccc1C(N)CC1OCCO1. The van der Waals surface area contributed by atoms with Gasteiger partial charge in [0.15, 0.2) is 6.29 Å². The maximum atomic E-state index is 6.21. The molecule has 5 heteroatoms. The molecule has 0 aliphatic carbocycles. The average Bonchev–Trinajstić information content (AvgIpc) is 2.92. The molecule has 1 unspecified atom stereocenters. The van der Waals surface area contributed by atoms with Crippen molar-refractivity contribution in [2.24, 2.45) is 5.73 Å². The van der Waals surface area contributed by atoms with Crippen LogP contribution in [0.4, 0.5) is 0 Å². The standard InChI is InChI=1S/C14H21NO4/c1-16-6-7-17-13-5-3-2-4-11(13)12(15)10-14-18-8-9-19-14/h2-5,12,14H,6-10,15H2,1H3. The van der Waals surface area contributed by atoms with Gasteiger partial charge in [-0.3, -0.25) is 0 Å². The highest BCUT2D eigenvalue weighted by Crippen LogP contribution is 2.28. The molecule has 106 valence electrons. The van der Waals surface area contributed by atoms with Crippen molar-refractivity contribution in [3.63, 3.8) is 0 Å². The maximum Gasteiger partial charge on any atom is 0.159 e. The second-order valence-electron chi connectivity index (χ2n) is 4.39. The topological polar surface area (TPSA) is 62.9 Å². The van der Waals surface area contributed by atoms with Gasteiger partial charge in [-0.05, 0) is 6.07 Å². The van der Waals surface area contributed by atoms with Crippen LogP contribution in [-0.2, 0) is 14.2 Å². The van der Waals surface area contributed by atoms with E-state index < -0.39 is 0 Å². The van der Waals surface area contributed by atoms with Gasteiger partial charge in [-0.25, -0.2) is 0 Å². The van der Waals surface area contributed by atoms with Crippen molar-refractivity contribution in [3.05, 3.63) is 29.8 Å². The van der Waals surface area contributed by atoms with Crippen LogP contribution in [0.25, 0.3) is 0 Å². The summed E-state index contributed by atoms with van der Waals surface area (Å²) in [6, 6.07) is 7.61. The molecular formula is C14H21NO4. The summed E-state index contributed by atoms with van der Waals surface area (Å²) in [4.78, 5) is 0. The van der Waals surface area contributed by atoms with Gasteiger partial charge >= 0.3 is 0 Å². The number of ether oxygens (including phenoxy) is 4. The Kier molecular flexibility index (Phi) is 5.60. The Bertz CT molecular complexity index is 379. The van der Waals surface area contributed by atoms with Crippen LogP contribution in [0.2, 0.25) is 0 Å². The predicted octanol–water partition coefficient (Wildman–Crippen LogP) is 1.47. The molecule has 2 N–H and O–H groups in total. The Labute approximate surface area is 113 Å². The van der Waals surface area contributed by atoms with Crippen LogP contribution in [0.5, 0.6) is 5.75 Å². The van der Waals surface area contributed by atoms with Crippen LogP contribution in [0.3, 0.4) is 0 Å². The largest absolute Gasteiger partial charge is 0.491 e. The van der Waals surface area contributed by atoms with E-state index in [4.69, 9.17) is 24.7 Å². The van der Waals surface area contributed by atoms with E-state index >= 15 is 0 Å². The minimum atomic E-state index is -0.206. The molecule has 1 atom stereocenters. The minimum absolute atomic E-state index is 0.165. The highest BCUT2D eigenvalue weighted by atomic mass is 16.7. The Morgan fingerprint density at radius 2 is 2.00 bits per heavy atom. The number of nitrogens with two attached hydrogens (primary N) is 1. The lowest BCUT2D eigenvalue weighted by atomic mass is 10.0. The summed E-state index contributed by atoms with van der Waals surface area (Å²) in [5.74, 6) is 0.796. The smallest absolute Gasteiger partial charge is 0.159 e. The fraction of sp³-hybridized carbons (Fsp3) is 0.571.